The Hall–Kier alpha value is -2.32. The van der Waals surface area contributed by atoms with Crippen LogP contribution in [0.5, 0.6) is 0 Å². The first-order chi connectivity index (χ1) is 11.6. The van der Waals surface area contributed by atoms with Gasteiger partial charge in [-0.1, -0.05) is 41.3 Å². The second-order valence-corrected chi connectivity index (χ2v) is 8.06. The predicted octanol–water partition coefficient (Wildman–Crippen LogP) is 1.80. The molecule has 2 amide bonds. The van der Waals surface area contributed by atoms with E-state index in [4.69, 9.17) is 0 Å². The van der Waals surface area contributed by atoms with Gasteiger partial charge in [-0.3, -0.25) is 19.7 Å². The second kappa shape index (κ2) is 4.84. The first-order valence-electron chi connectivity index (χ1n) is 7.44. The van der Waals surface area contributed by atoms with Gasteiger partial charge in [-0.2, -0.15) is 0 Å². The lowest BCUT2D eigenvalue weighted by atomic mass is 9.83. The van der Waals surface area contributed by atoms with Crippen LogP contribution in [0, 0.1) is 5.92 Å². The molecule has 1 fully saturated rings. The van der Waals surface area contributed by atoms with Crippen molar-refractivity contribution >= 4 is 45.8 Å². The van der Waals surface area contributed by atoms with Crippen molar-refractivity contribution in [3.05, 3.63) is 50.6 Å². The van der Waals surface area contributed by atoms with E-state index in [-0.39, 0.29) is 22.6 Å². The topological polar surface area (TPSA) is 94.8 Å². The lowest BCUT2D eigenvalue weighted by Crippen LogP contribution is -2.31. The van der Waals surface area contributed by atoms with Crippen LogP contribution >= 0.6 is 23.1 Å². The second-order valence-electron chi connectivity index (χ2n) is 5.89. The van der Waals surface area contributed by atoms with E-state index in [0.29, 0.717) is 5.03 Å². The van der Waals surface area contributed by atoms with Crippen LogP contribution < -0.4 is 10.2 Å². The van der Waals surface area contributed by atoms with Gasteiger partial charge in [0.15, 0.2) is 0 Å². The number of amides is 2. The fraction of sp³-hybridized carbons (Fsp3) is 0.188. The Kier molecular flexibility index (Phi) is 2.84. The molecule has 0 aliphatic carbocycles. The maximum atomic E-state index is 12.4. The molecule has 6 nitrogen and oxygen atoms in total. The van der Waals surface area contributed by atoms with Crippen molar-refractivity contribution in [1.29, 1.82) is 0 Å². The number of thioether (sulfide) groups is 1. The lowest BCUT2D eigenvalue weighted by molar-refractivity contribution is -0.125. The minimum absolute atomic E-state index is 0.162. The largest absolute Gasteiger partial charge is 0.361 e. The van der Waals surface area contributed by atoms with Crippen LogP contribution in [0.25, 0.3) is 10.9 Å². The molecule has 0 spiro atoms. The van der Waals surface area contributed by atoms with Crippen molar-refractivity contribution < 1.29 is 9.59 Å². The van der Waals surface area contributed by atoms with Crippen LogP contribution in [0.3, 0.4) is 0 Å². The molecule has 8 heteroatoms. The van der Waals surface area contributed by atoms with E-state index >= 15 is 0 Å². The van der Waals surface area contributed by atoms with Crippen molar-refractivity contribution in [2.45, 2.75) is 16.2 Å². The molecular weight excluding hydrogens is 346 g/mol. The van der Waals surface area contributed by atoms with Crippen LogP contribution in [0.2, 0.25) is 0 Å². The predicted molar refractivity (Wildman–Crippen MR) is 91.4 cm³/mol. The molecule has 5 rings (SSSR count). The summed E-state index contributed by atoms with van der Waals surface area (Å²) in [5.41, 5.74) is 1.92. The molecule has 1 aromatic carbocycles. The third-order valence-electron chi connectivity index (χ3n) is 4.62. The molecule has 0 bridgehead atoms. The van der Waals surface area contributed by atoms with Gasteiger partial charge in [0.25, 0.3) is 0 Å². The minimum atomic E-state index is -0.506. The highest BCUT2D eigenvalue weighted by atomic mass is 32.2. The van der Waals surface area contributed by atoms with Gasteiger partial charge in [-0.25, -0.2) is 0 Å². The quantitative estimate of drug-likeness (QED) is 0.579. The number of carbonyl (C=O) groups excluding carboxylic acids is 2. The number of aromatic nitrogens is 2. The average Bonchev–Trinajstić information content (AvgIpc) is 3.22. The number of thiazole rings is 1. The molecule has 4 heterocycles. The molecule has 3 aromatic rings. The summed E-state index contributed by atoms with van der Waals surface area (Å²) in [5, 5.41) is 3.64. The van der Waals surface area contributed by atoms with Gasteiger partial charge in [0.05, 0.1) is 10.9 Å². The number of carbonyl (C=O) groups is 2. The molecule has 3 atom stereocenters. The van der Waals surface area contributed by atoms with E-state index in [0.717, 1.165) is 32.7 Å². The summed E-state index contributed by atoms with van der Waals surface area (Å²) in [6.45, 7) is 0. The van der Waals surface area contributed by atoms with Gasteiger partial charge in [-0.05, 0) is 11.6 Å². The number of imide groups is 1. The highest BCUT2D eigenvalue weighted by molar-refractivity contribution is 8.00. The van der Waals surface area contributed by atoms with E-state index < -0.39 is 11.2 Å². The summed E-state index contributed by atoms with van der Waals surface area (Å²) in [6, 6.07) is 7.83. The Labute approximate surface area is 143 Å². The molecule has 2 aliphatic rings. The monoisotopic (exact) mass is 357 g/mol. The highest BCUT2D eigenvalue weighted by Gasteiger charge is 2.52. The van der Waals surface area contributed by atoms with E-state index in [1.165, 1.54) is 11.8 Å². The zero-order chi connectivity index (χ0) is 16.4. The van der Waals surface area contributed by atoms with Crippen molar-refractivity contribution in [1.82, 2.24) is 15.3 Å². The van der Waals surface area contributed by atoms with Gasteiger partial charge in [0, 0.05) is 27.9 Å². The summed E-state index contributed by atoms with van der Waals surface area (Å²) >= 11 is 2.40. The summed E-state index contributed by atoms with van der Waals surface area (Å²) in [6.07, 6.45) is 1.88. The number of benzene rings is 1. The van der Waals surface area contributed by atoms with Gasteiger partial charge in [-0.15, -0.1) is 0 Å². The number of nitrogens with one attached hydrogen (secondary N) is 3. The van der Waals surface area contributed by atoms with Crippen LogP contribution in [-0.4, -0.2) is 27.0 Å². The van der Waals surface area contributed by atoms with E-state index in [1.54, 1.807) is 0 Å². The number of hydrogen-bond donors (Lipinski definition) is 3. The molecular formula is C16H11N3O3S2. The summed E-state index contributed by atoms with van der Waals surface area (Å²) in [4.78, 5) is 43.2. The normalized spacial score (nSPS) is 25.6. The number of fused-ring (bicyclic) bond motifs is 3. The van der Waals surface area contributed by atoms with Gasteiger partial charge >= 0.3 is 4.87 Å². The molecule has 0 radical (unpaired) electrons. The van der Waals surface area contributed by atoms with Crippen molar-refractivity contribution in [2.24, 2.45) is 5.92 Å². The zero-order valence-corrected chi connectivity index (χ0v) is 13.8. The number of hydrogen-bond acceptors (Lipinski definition) is 5. The molecule has 2 aromatic heterocycles. The van der Waals surface area contributed by atoms with Crippen LogP contribution in [0.1, 0.15) is 16.4 Å². The summed E-state index contributed by atoms with van der Waals surface area (Å²) in [5.74, 6) is -1.35. The average molecular weight is 357 g/mol. The van der Waals surface area contributed by atoms with E-state index in [2.05, 4.69) is 15.3 Å². The molecule has 24 heavy (non-hydrogen) atoms. The number of para-hydroxylation sites is 1. The fourth-order valence-electron chi connectivity index (χ4n) is 3.62. The number of H-pyrrole nitrogens is 2. The smallest absolute Gasteiger partial charge is 0.305 e. The molecule has 2 aliphatic heterocycles. The SMILES string of the molecule is O=C1NC(=O)[C@@H]2Sc3[nH]c(=O)sc3[C@@H](c3c[nH]c4ccccc34)[C@@H]12. The van der Waals surface area contributed by atoms with Crippen molar-refractivity contribution in [2.75, 3.05) is 0 Å². The maximum Gasteiger partial charge on any atom is 0.305 e. The van der Waals surface area contributed by atoms with Crippen LogP contribution in [-0.2, 0) is 9.59 Å². The number of rotatable bonds is 1. The zero-order valence-electron chi connectivity index (χ0n) is 12.2. The Bertz CT molecular complexity index is 1060. The van der Waals surface area contributed by atoms with Gasteiger partial charge in [0.2, 0.25) is 11.8 Å². The Morgan fingerprint density at radius 2 is 1.88 bits per heavy atom. The minimum Gasteiger partial charge on any atom is -0.361 e. The third kappa shape index (κ3) is 1.81. The summed E-state index contributed by atoms with van der Waals surface area (Å²) in [7, 11) is 0. The van der Waals surface area contributed by atoms with Crippen molar-refractivity contribution in [3.63, 3.8) is 0 Å². The standard InChI is InChI=1S/C16H11N3O3S2/c20-13-10-9(7-5-17-8-4-2-1-3-6(7)8)12-15(19-16(22)24-12)23-11(10)14(21)18-13/h1-5,9-11,17H,(H,19,22)(H,18,20,21)/t9-,10+,11+/m0/s1. The van der Waals surface area contributed by atoms with E-state index in [1.807, 2.05) is 30.5 Å². The first kappa shape index (κ1) is 14.1. The molecule has 0 unspecified atom stereocenters. The molecule has 120 valence electrons. The fourth-order valence-corrected chi connectivity index (χ4v) is 6.10. The highest BCUT2D eigenvalue weighted by Crippen LogP contribution is 2.51. The summed E-state index contributed by atoms with van der Waals surface area (Å²) < 4.78 is 0. The molecule has 3 N–H and O–H groups in total. The van der Waals surface area contributed by atoms with Gasteiger partial charge < -0.3 is 9.97 Å². The first-order valence-corrected chi connectivity index (χ1v) is 9.13. The Morgan fingerprint density at radius 1 is 1.04 bits per heavy atom. The van der Waals surface area contributed by atoms with Crippen LogP contribution in [0.4, 0.5) is 0 Å². The Balaban J connectivity index is 1.79. The third-order valence-corrected chi connectivity index (χ3v) is 7.03. The van der Waals surface area contributed by atoms with E-state index in [9.17, 15) is 14.4 Å². The molecule has 1 saturated heterocycles. The van der Waals surface area contributed by atoms with Crippen LogP contribution in [0.15, 0.2) is 40.3 Å². The van der Waals surface area contributed by atoms with Gasteiger partial charge in [0.1, 0.15) is 5.25 Å². The lowest BCUT2D eigenvalue weighted by Gasteiger charge is -2.29. The number of aromatic amines is 2. The van der Waals surface area contributed by atoms with Crippen molar-refractivity contribution in [3.8, 4) is 0 Å². The maximum absolute atomic E-state index is 12.4. The Morgan fingerprint density at radius 3 is 2.75 bits per heavy atom. The molecule has 0 saturated carbocycles.